The molecule has 16 heavy (non-hydrogen) atoms. The monoisotopic (exact) mass is 215 g/mol. The van der Waals surface area contributed by atoms with Gasteiger partial charge >= 0.3 is 0 Å². The molecule has 0 saturated heterocycles. The van der Waals surface area contributed by atoms with E-state index >= 15 is 0 Å². The molecular formula is C11H9N3O2. The van der Waals surface area contributed by atoms with Crippen LogP contribution >= 0.6 is 0 Å². The summed E-state index contributed by atoms with van der Waals surface area (Å²) in [6.07, 6.45) is 1.57. The first-order valence-corrected chi connectivity index (χ1v) is 4.63. The summed E-state index contributed by atoms with van der Waals surface area (Å²) in [7, 11) is 0. The minimum atomic E-state index is -0.423. The summed E-state index contributed by atoms with van der Waals surface area (Å²) in [4.78, 5) is 14.1. The third kappa shape index (κ3) is 1.98. The SMILES string of the molecule is Nc1cc(-c2cccc([N+](=O)[O-])c2)ccn1. The van der Waals surface area contributed by atoms with Crippen LogP contribution in [0.3, 0.4) is 0 Å². The summed E-state index contributed by atoms with van der Waals surface area (Å²) in [5.74, 6) is 0.393. The highest BCUT2D eigenvalue weighted by Crippen LogP contribution is 2.24. The zero-order valence-corrected chi connectivity index (χ0v) is 8.33. The molecule has 0 fully saturated rings. The maximum Gasteiger partial charge on any atom is 0.270 e. The number of pyridine rings is 1. The molecule has 0 aliphatic carbocycles. The number of non-ortho nitro benzene ring substituents is 1. The molecule has 5 heteroatoms. The predicted molar refractivity (Wildman–Crippen MR) is 60.7 cm³/mol. The van der Waals surface area contributed by atoms with Gasteiger partial charge in [0.15, 0.2) is 0 Å². The van der Waals surface area contributed by atoms with Crippen molar-refractivity contribution in [2.75, 3.05) is 5.73 Å². The second kappa shape index (κ2) is 3.98. The van der Waals surface area contributed by atoms with Crippen molar-refractivity contribution in [3.8, 4) is 11.1 Å². The van der Waals surface area contributed by atoms with Crippen molar-refractivity contribution >= 4 is 11.5 Å². The van der Waals surface area contributed by atoms with Gasteiger partial charge in [-0.15, -0.1) is 0 Å². The van der Waals surface area contributed by atoms with Crippen LogP contribution in [0.15, 0.2) is 42.6 Å². The quantitative estimate of drug-likeness (QED) is 0.615. The molecule has 5 nitrogen and oxygen atoms in total. The van der Waals surface area contributed by atoms with E-state index in [9.17, 15) is 10.1 Å². The van der Waals surface area contributed by atoms with Crippen LogP contribution in [0.2, 0.25) is 0 Å². The van der Waals surface area contributed by atoms with E-state index in [1.807, 2.05) is 0 Å². The Balaban J connectivity index is 2.48. The molecule has 1 aromatic heterocycles. The molecule has 2 aromatic rings. The van der Waals surface area contributed by atoms with Gasteiger partial charge in [0.1, 0.15) is 5.82 Å². The van der Waals surface area contributed by atoms with Crippen molar-refractivity contribution in [3.05, 3.63) is 52.7 Å². The Labute approximate surface area is 91.7 Å². The summed E-state index contributed by atoms with van der Waals surface area (Å²) in [6, 6.07) is 9.84. The van der Waals surface area contributed by atoms with Crippen LogP contribution in [0, 0.1) is 10.1 Å². The van der Waals surface area contributed by atoms with Gasteiger partial charge in [-0.1, -0.05) is 12.1 Å². The van der Waals surface area contributed by atoms with Crippen LogP contribution < -0.4 is 5.73 Å². The summed E-state index contributed by atoms with van der Waals surface area (Å²) < 4.78 is 0. The Bertz CT molecular complexity index is 540. The number of nitrogen functional groups attached to an aromatic ring is 1. The van der Waals surface area contributed by atoms with Gasteiger partial charge in [-0.3, -0.25) is 10.1 Å². The van der Waals surface area contributed by atoms with Crippen molar-refractivity contribution < 1.29 is 4.92 Å². The zero-order valence-electron chi connectivity index (χ0n) is 8.33. The third-order valence-corrected chi connectivity index (χ3v) is 2.17. The molecule has 0 bridgehead atoms. The second-order valence-electron chi connectivity index (χ2n) is 3.28. The molecule has 0 amide bonds. The zero-order chi connectivity index (χ0) is 11.5. The van der Waals surface area contributed by atoms with Crippen molar-refractivity contribution in [2.45, 2.75) is 0 Å². The van der Waals surface area contributed by atoms with Gasteiger partial charge < -0.3 is 5.73 Å². The Morgan fingerprint density at radius 1 is 1.19 bits per heavy atom. The Hall–Kier alpha value is -2.43. The number of nitrogens with zero attached hydrogens (tertiary/aromatic N) is 2. The number of benzene rings is 1. The van der Waals surface area contributed by atoms with E-state index in [-0.39, 0.29) is 5.69 Å². The van der Waals surface area contributed by atoms with E-state index < -0.39 is 4.92 Å². The number of rotatable bonds is 2. The fourth-order valence-electron chi connectivity index (χ4n) is 1.43. The Morgan fingerprint density at radius 2 is 1.94 bits per heavy atom. The van der Waals surface area contributed by atoms with Crippen LogP contribution in [0.25, 0.3) is 11.1 Å². The molecule has 0 atom stereocenters. The van der Waals surface area contributed by atoms with Crippen LogP contribution in [0.4, 0.5) is 11.5 Å². The molecule has 1 heterocycles. The Kier molecular flexibility index (Phi) is 2.51. The highest BCUT2D eigenvalue weighted by molar-refractivity contribution is 5.67. The number of hydrogen-bond acceptors (Lipinski definition) is 4. The fraction of sp³-hybridized carbons (Fsp3) is 0. The Morgan fingerprint density at radius 3 is 2.62 bits per heavy atom. The first-order chi connectivity index (χ1) is 7.66. The molecule has 0 unspecified atom stereocenters. The van der Waals surface area contributed by atoms with E-state index in [4.69, 9.17) is 5.73 Å². The van der Waals surface area contributed by atoms with Crippen LogP contribution in [0.1, 0.15) is 0 Å². The normalized spacial score (nSPS) is 10.0. The standard InChI is InChI=1S/C11H9N3O2/c12-11-7-9(4-5-13-11)8-2-1-3-10(6-8)14(15)16/h1-7H,(H2,12,13). The van der Waals surface area contributed by atoms with Gasteiger partial charge in [-0.05, 0) is 23.3 Å². The van der Waals surface area contributed by atoms with E-state index in [0.29, 0.717) is 5.82 Å². The first-order valence-electron chi connectivity index (χ1n) is 4.63. The molecule has 0 radical (unpaired) electrons. The van der Waals surface area contributed by atoms with Crippen molar-refractivity contribution in [3.63, 3.8) is 0 Å². The molecule has 80 valence electrons. The van der Waals surface area contributed by atoms with E-state index in [1.165, 1.54) is 12.1 Å². The second-order valence-corrected chi connectivity index (χ2v) is 3.28. The van der Waals surface area contributed by atoms with Gasteiger partial charge in [-0.2, -0.15) is 0 Å². The van der Waals surface area contributed by atoms with Gasteiger partial charge in [0, 0.05) is 18.3 Å². The molecule has 2 rings (SSSR count). The van der Waals surface area contributed by atoms with Crippen molar-refractivity contribution in [1.82, 2.24) is 4.98 Å². The molecule has 0 aliphatic rings. The van der Waals surface area contributed by atoms with Crippen molar-refractivity contribution in [1.29, 1.82) is 0 Å². The first kappa shape index (κ1) is 10.1. The molecule has 0 saturated carbocycles. The van der Waals surface area contributed by atoms with Crippen LogP contribution in [0.5, 0.6) is 0 Å². The van der Waals surface area contributed by atoms with Gasteiger partial charge in [0.05, 0.1) is 4.92 Å². The van der Waals surface area contributed by atoms with E-state index in [0.717, 1.165) is 11.1 Å². The number of anilines is 1. The predicted octanol–water partition coefficient (Wildman–Crippen LogP) is 2.24. The average Bonchev–Trinajstić information content (AvgIpc) is 2.29. The number of nitro groups is 1. The fourth-order valence-corrected chi connectivity index (χ4v) is 1.43. The maximum atomic E-state index is 10.6. The van der Waals surface area contributed by atoms with Gasteiger partial charge in [0.2, 0.25) is 0 Å². The molecule has 0 aliphatic heterocycles. The minimum Gasteiger partial charge on any atom is -0.384 e. The summed E-state index contributed by atoms with van der Waals surface area (Å²) in [5.41, 5.74) is 7.18. The molecular weight excluding hydrogens is 206 g/mol. The lowest BCUT2D eigenvalue weighted by Gasteiger charge is -2.01. The highest BCUT2D eigenvalue weighted by Gasteiger charge is 2.06. The maximum absolute atomic E-state index is 10.6. The lowest BCUT2D eigenvalue weighted by atomic mass is 10.1. The number of nitrogens with two attached hydrogens (primary N) is 1. The largest absolute Gasteiger partial charge is 0.384 e. The summed E-state index contributed by atoms with van der Waals surface area (Å²) >= 11 is 0. The smallest absolute Gasteiger partial charge is 0.270 e. The molecule has 0 spiro atoms. The number of aromatic nitrogens is 1. The molecule has 1 aromatic carbocycles. The number of hydrogen-bond donors (Lipinski definition) is 1. The number of nitro benzene ring substituents is 1. The van der Waals surface area contributed by atoms with E-state index in [2.05, 4.69) is 4.98 Å². The van der Waals surface area contributed by atoms with Gasteiger partial charge in [-0.25, -0.2) is 4.98 Å². The van der Waals surface area contributed by atoms with E-state index in [1.54, 1.807) is 30.5 Å². The summed E-state index contributed by atoms with van der Waals surface area (Å²) in [6.45, 7) is 0. The van der Waals surface area contributed by atoms with Gasteiger partial charge in [0.25, 0.3) is 5.69 Å². The molecule has 2 N–H and O–H groups in total. The lowest BCUT2D eigenvalue weighted by Crippen LogP contribution is -1.91. The van der Waals surface area contributed by atoms with Crippen LogP contribution in [-0.4, -0.2) is 9.91 Å². The lowest BCUT2D eigenvalue weighted by molar-refractivity contribution is -0.384. The topological polar surface area (TPSA) is 82.0 Å². The third-order valence-electron chi connectivity index (χ3n) is 2.17. The highest BCUT2D eigenvalue weighted by atomic mass is 16.6. The summed E-state index contributed by atoms with van der Waals surface area (Å²) in [5, 5.41) is 10.6. The minimum absolute atomic E-state index is 0.0629. The van der Waals surface area contributed by atoms with Crippen LogP contribution in [-0.2, 0) is 0 Å². The average molecular weight is 215 g/mol. The van der Waals surface area contributed by atoms with Crippen molar-refractivity contribution in [2.24, 2.45) is 0 Å².